The molecular weight excluding hydrogens is 650 g/mol. The summed E-state index contributed by atoms with van der Waals surface area (Å²) in [5.41, 5.74) is 5.85. The fraction of sp³-hybridized carbons (Fsp3) is 0.423. The van der Waals surface area contributed by atoms with Crippen LogP contribution < -0.4 is 11.2 Å². The highest BCUT2D eigenvalue weighted by Gasteiger charge is 2.66. The number of aromatic nitrogens is 1. The Labute approximate surface area is 267 Å². The van der Waals surface area contributed by atoms with E-state index >= 15 is 0 Å². The molecule has 3 atom stereocenters. The molecule has 0 spiro atoms. The number of carbonyl (C=O) groups is 7. The number of hydrogen-bond donors (Lipinski definition) is 5. The number of rotatable bonds is 11. The van der Waals surface area contributed by atoms with Crippen molar-refractivity contribution in [2.75, 3.05) is 25.4 Å². The third-order valence-electron chi connectivity index (χ3n) is 7.65. The van der Waals surface area contributed by atoms with Crippen LogP contribution in [-0.4, -0.2) is 118 Å². The first-order valence-electron chi connectivity index (χ1n) is 13.6. The standard InChI is InChI=1S/C26H27N7O11S2/c1-25(2,21(39)40)44-30-17(13-9-45-23(27)28-13)16(36)8-12-19(38)31-10-26(22(41)42,46-20(12)31)32-5-6-33(24(32)43)29-18(37)11-3-4-14(34)15(35)7-11/h4,7,9,12,20,34H,3,5-6,8,10H2,1-2H3,(H2,27,28)(H,29,37)(H,39,40)(H,41,42)/b30-17-/t12?,20-,26-/m1/s1. The number of nitrogens with two attached hydrogens (primary N) is 1. The van der Waals surface area contributed by atoms with Gasteiger partial charge in [0.05, 0.1) is 24.4 Å². The van der Waals surface area contributed by atoms with Gasteiger partial charge in [0.1, 0.15) is 5.69 Å². The summed E-state index contributed by atoms with van der Waals surface area (Å²) in [4.78, 5) is 97.9. The van der Waals surface area contributed by atoms with E-state index < -0.39 is 81.8 Å². The number of aliphatic hydroxyl groups excluding tert-OH is 1. The minimum absolute atomic E-state index is 0.00209. The molecule has 1 aromatic heterocycles. The van der Waals surface area contributed by atoms with E-state index in [1.54, 1.807) is 0 Å². The van der Waals surface area contributed by atoms with Gasteiger partial charge >= 0.3 is 18.0 Å². The topological polar surface area (TPSA) is 262 Å². The Hall–Kier alpha value is -4.98. The molecule has 18 nitrogen and oxygen atoms in total. The van der Waals surface area contributed by atoms with E-state index in [-0.39, 0.29) is 41.6 Å². The SMILES string of the molecule is CC(C)(O/N=C(\C(=O)CC1C(=O)N2C[C@@](C(=O)O)(N3CCN(NC(=O)C4=CC(=O)C(O)=CC4)C3=O)S[C@H]12)c1csc(N)n1)C(=O)O. The molecule has 244 valence electrons. The molecule has 0 bridgehead atoms. The van der Waals surface area contributed by atoms with Crippen LogP contribution in [0.4, 0.5) is 9.93 Å². The second kappa shape index (κ2) is 11.7. The molecule has 3 fully saturated rings. The number of fused-ring (bicyclic) bond motifs is 1. The molecule has 46 heavy (non-hydrogen) atoms. The molecule has 3 aliphatic heterocycles. The van der Waals surface area contributed by atoms with Crippen molar-refractivity contribution in [2.45, 2.75) is 42.5 Å². The number of aliphatic carboxylic acids is 2. The van der Waals surface area contributed by atoms with Gasteiger partial charge in [0, 0.05) is 23.9 Å². The summed E-state index contributed by atoms with van der Waals surface area (Å²) in [7, 11) is 0. The highest BCUT2D eigenvalue weighted by molar-refractivity contribution is 8.02. The second-order valence-electron chi connectivity index (χ2n) is 11.1. The number of carboxylic acid groups (broad SMARTS) is 2. The first kappa shape index (κ1) is 32.4. The van der Waals surface area contributed by atoms with E-state index in [4.69, 9.17) is 10.6 Å². The number of carbonyl (C=O) groups excluding carboxylic acids is 5. The predicted molar refractivity (Wildman–Crippen MR) is 158 cm³/mol. The maximum absolute atomic E-state index is 13.4. The molecule has 20 heteroatoms. The van der Waals surface area contributed by atoms with Crippen molar-refractivity contribution in [1.82, 2.24) is 25.2 Å². The number of amides is 4. The van der Waals surface area contributed by atoms with Crippen molar-refractivity contribution >= 4 is 75.3 Å². The number of aliphatic hydroxyl groups is 1. The van der Waals surface area contributed by atoms with Crippen LogP contribution in [0.1, 0.15) is 32.4 Å². The summed E-state index contributed by atoms with van der Waals surface area (Å²) in [5, 5.41) is 34.4. The lowest BCUT2D eigenvalue weighted by molar-refractivity contribution is -0.161. The fourth-order valence-electron chi connectivity index (χ4n) is 5.01. The maximum Gasteiger partial charge on any atom is 0.350 e. The molecule has 5 rings (SSSR count). The number of oxime groups is 1. The lowest BCUT2D eigenvalue weighted by Crippen LogP contribution is -2.60. The highest BCUT2D eigenvalue weighted by atomic mass is 32.2. The molecule has 4 heterocycles. The number of thiazole rings is 1. The number of urea groups is 1. The van der Waals surface area contributed by atoms with E-state index in [1.165, 1.54) is 24.1 Å². The van der Waals surface area contributed by atoms with Crippen molar-refractivity contribution < 1.29 is 53.7 Å². The zero-order valence-corrected chi connectivity index (χ0v) is 25.8. The summed E-state index contributed by atoms with van der Waals surface area (Å²) in [6, 6.07) is -0.860. The number of hydrazine groups is 1. The average molecular weight is 678 g/mol. The van der Waals surface area contributed by atoms with Crippen LogP contribution >= 0.6 is 23.1 Å². The van der Waals surface area contributed by atoms with Crippen LogP contribution in [0, 0.1) is 5.92 Å². The summed E-state index contributed by atoms with van der Waals surface area (Å²) < 4.78 is 0. The van der Waals surface area contributed by atoms with E-state index in [9.17, 15) is 48.9 Å². The number of β-lactam (4-membered cyclic amide) rings is 1. The summed E-state index contributed by atoms with van der Waals surface area (Å²) in [5.74, 6) is -7.13. The monoisotopic (exact) mass is 677 g/mol. The number of Topliss-reactive ketones (excluding diaryl/α,β-unsaturated/α-hetero) is 1. The second-order valence-corrected chi connectivity index (χ2v) is 13.4. The predicted octanol–water partition coefficient (Wildman–Crippen LogP) is -0.309. The van der Waals surface area contributed by atoms with Crippen LogP contribution in [0.2, 0.25) is 0 Å². The third-order valence-corrected chi connectivity index (χ3v) is 10.1. The summed E-state index contributed by atoms with van der Waals surface area (Å²) in [6.45, 7) is 1.81. The minimum Gasteiger partial charge on any atom is -0.504 e. The normalized spacial score (nSPS) is 24.7. The number of allylic oxidation sites excluding steroid dienone is 2. The number of thioether (sulfide) groups is 1. The van der Waals surface area contributed by atoms with E-state index in [1.807, 2.05) is 0 Å². The van der Waals surface area contributed by atoms with E-state index in [0.717, 1.165) is 45.2 Å². The van der Waals surface area contributed by atoms with Gasteiger partial charge in [-0.3, -0.25) is 29.5 Å². The Morgan fingerprint density at radius 1 is 1.22 bits per heavy atom. The van der Waals surface area contributed by atoms with Gasteiger partial charge in [-0.15, -0.1) is 11.3 Å². The van der Waals surface area contributed by atoms with Gasteiger partial charge in [-0.2, -0.15) is 0 Å². The van der Waals surface area contributed by atoms with Crippen molar-refractivity contribution in [1.29, 1.82) is 0 Å². The molecular formula is C26H27N7O11S2. The smallest absolute Gasteiger partial charge is 0.350 e. The van der Waals surface area contributed by atoms with Crippen molar-refractivity contribution in [3.8, 4) is 0 Å². The van der Waals surface area contributed by atoms with E-state index in [0.29, 0.717) is 0 Å². The van der Waals surface area contributed by atoms with Crippen LogP contribution in [0.25, 0.3) is 0 Å². The largest absolute Gasteiger partial charge is 0.504 e. The van der Waals surface area contributed by atoms with Gasteiger partial charge in [0.2, 0.25) is 22.2 Å². The van der Waals surface area contributed by atoms with Crippen LogP contribution in [0.15, 0.2) is 34.0 Å². The molecule has 1 unspecified atom stereocenters. The van der Waals surface area contributed by atoms with Gasteiger partial charge in [-0.05, 0) is 32.4 Å². The molecule has 3 saturated heterocycles. The Bertz CT molecular complexity index is 1670. The van der Waals surface area contributed by atoms with Crippen LogP contribution in [0.5, 0.6) is 0 Å². The van der Waals surface area contributed by atoms with Gasteiger partial charge in [0.15, 0.2) is 22.4 Å². The summed E-state index contributed by atoms with van der Waals surface area (Å²) in [6.07, 6.45) is 1.57. The quantitative estimate of drug-likeness (QED) is 0.114. The lowest BCUT2D eigenvalue weighted by Gasteiger charge is -2.40. The van der Waals surface area contributed by atoms with Crippen LogP contribution in [0.3, 0.4) is 0 Å². The maximum atomic E-state index is 13.4. The molecule has 0 saturated carbocycles. The highest BCUT2D eigenvalue weighted by Crippen LogP contribution is 2.52. The fourth-order valence-corrected chi connectivity index (χ4v) is 7.25. The number of nitrogens with one attached hydrogen (secondary N) is 1. The molecule has 6 N–H and O–H groups in total. The third kappa shape index (κ3) is 5.64. The summed E-state index contributed by atoms with van der Waals surface area (Å²) >= 11 is 1.79. The minimum atomic E-state index is -1.95. The molecule has 4 aliphatic rings. The van der Waals surface area contributed by atoms with Crippen molar-refractivity contribution in [3.63, 3.8) is 0 Å². The van der Waals surface area contributed by atoms with Crippen molar-refractivity contribution in [2.24, 2.45) is 11.1 Å². The van der Waals surface area contributed by atoms with Gasteiger partial charge in [-0.1, -0.05) is 16.9 Å². The molecule has 1 aliphatic carbocycles. The zero-order chi connectivity index (χ0) is 33.7. The number of hydrogen-bond acceptors (Lipinski definition) is 14. The number of ketones is 2. The number of nitrogen functional groups attached to an aromatic ring is 1. The molecule has 0 radical (unpaired) electrons. The Balaban J connectivity index is 1.30. The zero-order valence-electron chi connectivity index (χ0n) is 24.2. The molecule has 1 aromatic rings. The Kier molecular flexibility index (Phi) is 8.28. The van der Waals surface area contributed by atoms with Gasteiger partial charge < -0.3 is 30.8 Å². The van der Waals surface area contributed by atoms with Gasteiger partial charge in [-0.25, -0.2) is 24.4 Å². The number of carboxylic acids is 2. The Morgan fingerprint density at radius 2 is 1.93 bits per heavy atom. The first-order valence-corrected chi connectivity index (χ1v) is 15.3. The van der Waals surface area contributed by atoms with Gasteiger partial charge in [0.25, 0.3) is 5.91 Å². The first-order chi connectivity index (χ1) is 21.6. The van der Waals surface area contributed by atoms with Crippen molar-refractivity contribution in [3.05, 3.63) is 34.6 Å². The Morgan fingerprint density at radius 3 is 2.54 bits per heavy atom. The molecule has 0 aromatic carbocycles. The van der Waals surface area contributed by atoms with E-state index in [2.05, 4.69) is 15.6 Å². The number of nitrogens with zero attached hydrogens (tertiary/aromatic N) is 5. The van der Waals surface area contributed by atoms with Crippen LogP contribution in [-0.2, 0) is 33.6 Å². The number of anilines is 1. The lowest BCUT2D eigenvalue weighted by atomic mass is 9.90. The average Bonchev–Trinajstić information content (AvgIpc) is 3.69. The molecule has 4 amide bonds.